The topological polar surface area (TPSA) is 84.7 Å². The predicted molar refractivity (Wildman–Crippen MR) is 93.9 cm³/mol. The highest BCUT2D eigenvalue weighted by molar-refractivity contribution is 5.99. The van der Waals surface area contributed by atoms with Crippen molar-refractivity contribution in [2.45, 2.75) is 26.7 Å². The summed E-state index contributed by atoms with van der Waals surface area (Å²) in [5.74, 6) is 0.859. The molecule has 2 amide bonds. The molecule has 7 heteroatoms. The molecule has 0 aliphatic rings. The van der Waals surface area contributed by atoms with Gasteiger partial charge in [-0.1, -0.05) is 5.16 Å². The monoisotopic (exact) mass is 345 g/mol. The van der Waals surface area contributed by atoms with E-state index < -0.39 is 0 Å². The van der Waals surface area contributed by atoms with E-state index in [1.807, 2.05) is 13.8 Å². The number of nitrogens with zero attached hydrogens (tertiary/aromatic N) is 2. The Bertz CT molecular complexity index is 761. The first-order valence-electron chi connectivity index (χ1n) is 7.94. The van der Waals surface area contributed by atoms with Crippen molar-refractivity contribution >= 4 is 17.5 Å². The normalized spacial score (nSPS) is 10.4. The second-order valence-electron chi connectivity index (χ2n) is 5.97. The van der Waals surface area contributed by atoms with Gasteiger partial charge in [0, 0.05) is 31.8 Å². The van der Waals surface area contributed by atoms with E-state index in [1.165, 1.54) is 12.0 Å². The molecule has 0 fully saturated rings. The number of ether oxygens (including phenoxy) is 1. The molecule has 0 atom stereocenters. The molecule has 25 heavy (non-hydrogen) atoms. The van der Waals surface area contributed by atoms with Crippen molar-refractivity contribution < 1.29 is 18.8 Å². The van der Waals surface area contributed by atoms with E-state index in [9.17, 15) is 9.59 Å². The van der Waals surface area contributed by atoms with Gasteiger partial charge in [-0.05, 0) is 38.5 Å². The number of anilines is 1. The summed E-state index contributed by atoms with van der Waals surface area (Å²) < 4.78 is 10.3. The molecular formula is C18H23N3O4. The first-order valence-corrected chi connectivity index (χ1v) is 7.94. The average Bonchev–Trinajstić information content (AvgIpc) is 2.90. The number of carbonyl (C=O) groups is 2. The highest BCUT2D eigenvalue weighted by Crippen LogP contribution is 2.24. The lowest BCUT2D eigenvalue weighted by molar-refractivity contribution is -0.116. The zero-order valence-electron chi connectivity index (χ0n) is 15.2. The van der Waals surface area contributed by atoms with Gasteiger partial charge in [-0.15, -0.1) is 0 Å². The number of methoxy groups -OCH3 is 1. The molecule has 0 saturated heterocycles. The number of carbonyl (C=O) groups excluding carboxylic acids is 2. The highest BCUT2D eigenvalue weighted by Gasteiger charge is 2.16. The first kappa shape index (κ1) is 18.5. The van der Waals surface area contributed by atoms with E-state index in [-0.39, 0.29) is 11.8 Å². The fourth-order valence-electron chi connectivity index (χ4n) is 2.51. The molecule has 7 nitrogen and oxygen atoms in total. The Hall–Kier alpha value is -2.83. The van der Waals surface area contributed by atoms with Gasteiger partial charge < -0.3 is 19.5 Å². The summed E-state index contributed by atoms with van der Waals surface area (Å²) in [6, 6.07) is 4.99. The van der Waals surface area contributed by atoms with Gasteiger partial charge in [-0.25, -0.2) is 0 Å². The Morgan fingerprint density at radius 2 is 2.00 bits per heavy atom. The van der Waals surface area contributed by atoms with Crippen molar-refractivity contribution in [3.8, 4) is 5.75 Å². The van der Waals surface area contributed by atoms with Gasteiger partial charge in [-0.2, -0.15) is 0 Å². The SMILES string of the molecule is COc1ccc(NC(=O)CCc2c(C)noc2C)cc1C(=O)N(C)C. The number of hydrogen-bond acceptors (Lipinski definition) is 5. The average molecular weight is 345 g/mol. The molecule has 0 spiro atoms. The Morgan fingerprint density at radius 1 is 1.28 bits per heavy atom. The third-order valence-corrected chi connectivity index (χ3v) is 3.90. The largest absolute Gasteiger partial charge is 0.496 e. The maximum absolute atomic E-state index is 12.2. The fourth-order valence-corrected chi connectivity index (χ4v) is 2.51. The molecule has 0 unspecified atom stereocenters. The van der Waals surface area contributed by atoms with Crippen molar-refractivity contribution in [2.24, 2.45) is 0 Å². The lowest BCUT2D eigenvalue weighted by Gasteiger charge is -2.15. The number of rotatable bonds is 6. The van der Waals surface area contributed by atoms with E-state index >= 15 is 0 Å². The third kappa shape index (κ3) is 4.37. The molecule has 0 radical (unpaired) electrons. The van der Waals surface area contributed by atoms with Crippen LogP contribution >= 0.6 is 0 Å². The lowest BCUT2D eigenvalue weighted by Crippen LogP contribution is -2.22. The number of hydrogen-bond donors (Lipinski definition) is 1. The molecule has 0 aliphatic heterocycles. The Kier molecular flexibility index (Phi) is 5.80. The molecule has 2 aromatic rings. The predicted octanol–water partition coefficient (Wildman–Crippen LogP) is 2.57. The minimum Gasteiger partial charge on any atom is -0.496 e. The first-order chi connectivity index (χ1) is 11.8. The van der Waals surface area contributed by atoms with Crippen LogP contribution in [0, 0.1) is 13.8 Å². The summed E-state index contributed by atoms with van der Waals surface area (Å²) in [6.07, 6.45) is 0.846. The number of aryl methyl sites for hydroxylation is 2. The second kappa shape index (κ2) is 7.83. The summed E-state index contributed by atoms with van der Waals surface area (Å²) >= 11 is 0. The summed E-state index contributed by atoms with van der Waals surface area (Å²) in [7, 11) is 4.83. The van der Waals surface area contributed by atoms with Gasteiger partial charge in [0.15, 0.2) is 0 Å². The maximum atomic E-state index is 12.2. The van der Waals surface area contributed by atoms with Crippen LogP contribution < -0.4 is 10.1 Å². The molecule has 0 bridgehead atoms. The van der Waals surface area contributed by atoms with Crippen LogP contribution in [0.3, 0.4) is 0 Å². The third-order valence-electron chi connectivity index (χ3n) is 3.90. The van der Waals surface area contributed by atoms with Crippen LogP contribution in [-0.2, 0) is 11.2 Å². The molecular weight excluding hydrogens is 322 g/mol. The minimum atomic E-state index is -0.191. The van der Waals surface area contributed by atoms with E-state index in [0.29, 0.717) is 29.8 Å². The maximum Gasteiger partial charge on any atom is 0.257 e. The molecule has 134 valence electrons. The van der Waals surface area contributed by atoms with Crippen LogP contribution in [0.15, 0.2) is 22.7 Å². The fraction of sp³-hybridized carbons (Fsp3) is 0.389. The van der Waals surface area contributed by atoms with Gasteiger partial charge in [0.2, 0.25) is 5.91 Å². The Labute approximate surface area is 146 Å². The molecule has 1 aromatic carbocycles. The van der Waals surface area contributed by atoms with Gasteiger partial charge in [0.25, 0.3) is 5.91 Å². The van der Waals surface area contributed by atoms with Crippen LogP contribution in [0.5, 0.6) is 5.75 Å². The van der Waals surface area contributed by atoms with Crippen molar-refractivity contribution in [2.75, 3.05) is 26.5 Å². The number of benzene rings is 1. The quantitative estimate of drug-likeness (QED) is 0.870. The van der Waals surface area contributed by atoms with Crippen molar-refractivity contribution in [1.29, 1.82) is 0 Å². The van der Waals surface area contributed by atoms with Crippen LogP contribution in [0.2, 0.25) is 0 Å². The van der Waals surface area contributed by atoms with Crippen LogP contribution in [0.1, 0.15) is 33.8 Å². The van der Waals surface area contributed by atoms with Gasteiger partial charge in [0.1, 0.15) is 11.5 Å². The summed E-state index contributed by atoms with van der Waals surface area (Å²) in [5, 5.41) is 6.69. The molecule has 2 rings (SSSR count). The smallest absolute Gasteiger partial charge is 0.257 e. The van der Waals surface area contributed by atoms with E-state index in [1.54, 1.807) is 32.3 Å². The lowest BCUT2D eigenvalue weighted by atomic mass is 10.1. The summed E-state index contributed by atoms with van der Waals surface area (Å²) in [5.41, 5.74) is 2.70. The van der Waals surface area contributed by atoms with Gasteiger partial charge in [-0.3, -0.25) is 9.59 Å². The Balaban J connectivity index is 2.08. The van der Waals surface area contributed by atoms with Crippen molar-refractivity contribution in [3.05, 3.63) is 40.8 Å². The standard InChI is InChI=1S/C18H23N3O4/c1-11-14(12(2)25-20-11)7-9-17(22)19-13-6-8-16(24-5)15(10-13)18(23)21(3)4/h6,8,10H,7,9H2,1-5H3,(H,19,22). The van der Waals surface area contributed by atoms with E-state index in [0.717, 1.165) is 17.0 Å². The molecule has 1 heterocycles. The number of aromatic nitrogens is 1. The number of amides is 2. The zero-order chi connectivity index (χ0) is 18.6. The zero-order valence-corrected chi connectivity index (χ0v) is 15.2. The van der Waals surface area contributed by atoms with Gasteiger partial charge >= 0.3 is 0 Å². The highest BCUT2D eigenvalue weighted by atomic mass is 16.5. The molecule has 0 aliphatic carbocycles. The summed E-state index contributed by atoms with van der Waals surface area (Å²) in [6.45, 7) is 3.68. The van der Waals surface area contributed by atoms with Crippen molar-refractivity contribution in [1.82, 2.24) is 10.1 Å². The molecule has 1 N–H and O–H groups in total. The molecule has 0 saturated carbocycles. The molecule has 1 aromatic heterocycles. The van der Waals surface area contributed by atoms with Gasteiger partial charge in [0.05, 0.1) is 18.4 Å². The van der Waals surface area contributed by atoms with Crippen LogP contribution in [0.4, 0.5) is 5.69 Å². The van der Waals surface area contributed by atoms with E-state index in [2.05, 4.69) is 10.5 Å². The van der Waals surface area contributed by atoms with Crippen LogP contribution in [0.25, 0.3) is 0 Å². The van der Waals surface area contributed by atoms with Crippen LogP contribution in [-0.4, -0.2) is 43.1 Å². The van der Waals surface area contributed by atoms with E-state index in [4.69, 9.17) is 9.26 Å². The Morgan fingerprint density at radius 3 is 2.56 bits per heavy atom. The summed E-state index contributed by atoms with van der Waals surface area (Å²) in [4.78, 5) is 25.9. The van der Waals surface area contributed by atoms with Crippen molar-refractivity contribution in [3.63, 3.8) is 0 Å². The second-order valence-corrected chi connectivity index (χ2v) is 5.97. The minimum absolute atomic E-state index is 0.145. The number of nitrogens with one attached hydrogen (secondary N) is 1.